The molecule has 1 heterocycles. The van der Waals surface area contributed by atoms with E-state index in [9.17, 15) is 4.79 Å². The fourth-order valence-electron chi connectivity index (χ4n) is 3.39. The third-order valence-electron chi connectivity index (χ3n) is 5.14. The number of hydrogen-bond donors (Lipinski definition) is 1. The molecular formula is C23H31N3O3. The summed E-state index contributed by atoms with van der Waals surface area (Å²) < 4.78 is 11.0. The second-order valence-corrected chi connectivity index (χ2v) is 7.18. The van der Waals surface area contributed by atoms with Gasteiger partial charge in [0.05, 0.1) is 6.61 Å². The number of carbonyl (C=O) groups is 1. The first-order valence-electron chi connectivity index (χ1n) is 10.3. The minimum Gasteiger partial charge on any atom is -0.491 e. The van der Waals surface area contributed by atoms with Crippen molar-refractivity contribution in [3.05, 3.63) is 54.1 Å². The van der Waals surface area contributed by atoms with Crippen LogP contribution in [-0.4, -0.2) is 63.4 Å². The van der Waals surface area contributed by atoms with Crippen LogP contribution in [0.25, 0.3) is 0 Å². The van der Waals surface area contributed by atoms with Gasteiger partial charge in [0.2, 0.25) is 5.91 Å². The maximum Gasteiger partial charge on any atom is 0.250 e. The smallest absolute Gasteiger partial charge is 0.250 e. The Balaban J connectivity index is 1.39. The van der Waals surface area contributed by atoms with E-state index in [2.05, 4.69) is 34.2 Å². The van der Waals surface area contributed by atoms with Gasteiger partial charge in [-0.05, 0) is 49.4 Å². The second-order valence-electron chi connectivity index (χ2n) is 7.18. The van der Waals surface area contributed by atoms with Gasteiger partial charge < -0.3 is 24.6 Å². The maximum absolute atomic E-state index is 12.2. The summed E-state index contributed by atoms with van der Waals surface area (Å²) in [7, 11) is 0. The number of anilines is 2. The van der Waals surface area contributed by atoms with Crippen molar-refractivity contribution in [1.29, 1.82) is 0 Å². The Morgan fingerprint density at radius 3 is 2.48 bits per heavy atom. The predicted molar refractivity (Wildman–Crippen MR) is 117 cm³/mol. The number of ether oxygens (including phenoxy) is 2. The minimum atomic E-state index is -0.155. The average Bonchev–Trinajstić information content (AvgIpc) is 2.76. The van der Waals surface area contributed by atoms with E-state index in [1.165, 1.54) is 5.69 Å². The summed E-state index contributed by atoms with van der Waals surface area (Å²) in [6.45, 7) is 10.4. The number of hydrogen-bond acceptors (Lipinski definition) is 5. The van der Waals surface area contributed by atoms with Crippen molar-refractivity contribution in [2.24, 2.45) is 0 Å². The number of nitrogens with one attached hydrogen (secondary N) is 1. The van der Waals surface area contributed by atoms with Gasteiger partial charge in [-0.1, -0.05) is 25.1 Å². The molecule has 0 atom stereocenters. The number of benzene rings is 2. The minimum absolute atomic E-state index is 0.0122. The van der Waals surface area contributed by atoms with E-state index in [0.717, 1.165) is 49.7 Å². The summed E-state index contributed by atoms with van der Waals surface area (Å²) in [5.41, 5.74) is 3.10. The van der Waals surface area contributed by atoms with Crippen molar-refractivity contribution in [2.45, 2.75) is 13.8 Å². The predicted octanol–water partition coefficient (Wildman–Crippen LogP) is 3.17. The highest BCUT2D eigenvalue weighted by atomic mass is 16.5. The van der Waals surface area contributed by atoms with Gasteiger partial charge in [-0.3, -0.25) is 4.79 Å². The number of para-hydroxylation sites is 1. The Bertz CT molecular complexity index is 774. The Labute approximate surface area is 173 Å². The molecular weight excluding hydrogens is 366 g/mol. The van der Waals surface area contributed by atoms with Crippen molar-refractivity contribution in [3.63, 3.8) is 0 Å². The van der Waals surface area contributed by atoms with Gasteiger partial charge in [0, 0.05) is 37.6 Å². The van der Waals surface area contributed by atoms with E-state index in [4.69, 9.17) is 9.47 Å². The zero-order chi connectivity index (χ0) is 20.5. The van der Waals surface area contributed by atoms with Gasteiger partial charge in [0.15, 0.2) is 0 Å². The van der Waals surface area contributed by atoms with Crippen LogP contribution in [0.1, 0.15) is 12.5 Å². The Kier molecular flexibility index (Phi) is 7.90. The summed E-state index contributed by atoms with van der Waals surface area (Å²) in [5.74, 6) is 0.643. The quantitative estimate of drug-likeness (QED) is 0.659. The van der Waals surface area contributed by atoms with Gasteiger partial charge in [-0.2, -0.15) is 0 Å². The van der Waals surface area contributed by atoms with Crippen molar-refractivity contribution < 1.29 is 14.3 Å². The highest BCUT2D eigenvalue weighted by molar-refractivity contribution is 5.92. The van der Waals surface area contributed by atoms with E-state index in [1.54, 1.807) is 0 Å². The molecule has 6 nitrogen and oxygen atoms in total. The average molecular weight is 398 g/mol. The summed E-state index contributed by atoms with van der Waals surface area (Å²) >= 11 is 0. The van der Waals surface area contributed by atoms with Crippen molar-refractivity contribution in [1.82, 2.24) is 4.90 Å². The van der Waals surface area contributed by atoms with Gasteiger partial charge in [0.25, 0.3) is 0 Å². The third-order valence-corrected chi connectivity index (χ3v) is 5.14. The number of aryl methyl sites for hydroxylation is 1. The van der Waals surface area contributed by atoms with Crippen LogP contribution in [0.4, 0.5) is 11.4 Å². The molecule has 156 valence electrons. The molecule has 1 saturated heterocycles. The summed E-state index contributed by atoms with van der Waals surface area (Å²) in [6, 6.07) is 15.8. The Morgan fingerprint density at radius 2 is 1.79 bits per heavy atom. The normalized spacial score (nSPS) is 14.6. The van der Waals surface area contributed by atoms with E-state index in [0.29, 0.717) is 13.2 Å². The molecule has 3 rings (SSSR count). The van der Waals surface area contributed by atoms with E-state index < -0.39 is 0 Å². The molecule has 1 N–H and O–H groups in total. The lowest BCUT2D eigenvalue weighted by molar-refractivity contribution is -0.120. The highest BCUT2D eigenvalue weighted by Gasteiger charge is 2.16. The number of rotatable bonds is 9. The zero-order valence-corrected chi connectivity index (χ0v) is 17.4. The monoisotopic (exact) mass is 397 g/mol. The first-order valence-corrected chi connectivity index (χ1v) is 10.3. The van der Waals surface area contributed by atoms with E-state index in [-0.39, 0.29) is 12.5 Å². The van der Waals surface area contributed by atoms with E-state index in [1.807, 2.05) is 43.3 Å². The molecule has 2 aromatic carbocycles. The fourth-order valence-corrected chi connectivity index (χ4v) is 3.39. The Morgan fingerprint density at radius 1 is 1.03 bits per heavy atom. The molecule has 6 heteroatoms. The lowest BCUT2D eigenvalue weighted by Crippen LogP contribution is -2.46. The maximum atomic E-state index is 12.2. The van der Waals surface area contributed by atoms with Crippen LogP contribution in [0.5, 0.6) is 5.75 Å². The van der Waals surface area contributed by atoms with Crippen molar-refractivity contribution in [3.8, 4) is 5.75 Å². The molecule has 0 aliphatic carbocycles. The number of carbonyl (C=O) groups excluding carboxylic acids is 1. The van der Waals surface area contributed by atoms with Crippen molar-refractivity contribution >= 4 is 17.3 Å². The standard InChI is InChI=1S/C23H31N3O3/c1-3-25-11-13-26(14-12-25)20-9-10-22(19(2)17-20)24-23(27)18-28-15-16-29-21-7-5-4-6-8-21/h4-10,17H,3,11-16,18H2,1-2H3,(H,24,27). The molecule has 1 aliphatic heterocycles. The molecule has 2 aromatic rings. The molecule has 29 heavy (non-hydrogen) atoms. The molecule has 1 fully saturated rings. The zero-order valence-electron chi connectivity index (χ0n) is 17.4. The lowest BCUT2D eigenvalue weighted by Gasteiger charge is -2.35. The number of amides is 1. The van der Waals surface area contributed by atoms with Crippen LogP contribution >= 0.6 is 0 Å². The number of nitrogens with zero attached hydrogens (tertiary/aromatic N) is 2. The lowest BCUT2D eigenvalue weighted by atomic mass is 10.1. The summed E-state index contributed by atoms with van der Waals surface area (Å²) in [6.07, 6.45) is 0. The van der Waals surface area contributed by atoms with Crippen LogP contribution in [0.15, 0.2) is 48.5 Å². The van der Waals surface area contributed by atoms with Crippen molar-refractivity contribution in [2.75, 3.05) is 62.8 Å². The summed E-state index contributed by atoms with van der Waals surface area (Å²) in [5, 5.41) is 2.93. The molecule has 0 radical (unpaired) electrons. The SMILES string of the molecule is CCN1CCN(c2ccc(NC(=O)COCCOc3ccccc3)c(C)c2)CC1. The van der Waals surface area contributed by atoms with Gasteiger partial charge in [0.1, 0.15) is 19.0 Å². The number of piperazine rings is 1. The van der Waals surface area contributed by atoms with Crippen LogP contribution < -0.4 is 15.0 Å². The number of likely N-dealkylation sites (N-methyl/N-ethyl adjacent to an activating group) is 1. The molecule has 1 amide bonds. The topological polar surface area (TPSA) is 54.0 Å². The van der Waals surface area contributed by atoms with E-state index >= 15 is 0 Å². The molecule has 0 unspecified atom stereocenters. The molecule has 0 saturated carbocycles. The van der Waals surface area contributed by atoms with Gasteiger partial charge >= 0.3 is 0 Å². The Hall–Kier alpha value is -2.57. The second kappa shape index (κ2) is 10.8. The first kappa shape index (κ1) is 21.1. The highest BCUT2D eigenvalue weighted by Crippen LogP contribution is 2.23. The largest absolute Gasteiger partial charge is 0.491 e. The summed E-state index contributed by atoms with van der Waals surface area (Å²) in [4.78, 5) is 17.0. The van der Waals surface area contributed by atoms with Gasteiger partial charge in [-0.15, -0.1) is 0 Å². The van der Waals surface area contributed by atoms with Crippen LogP contribution in [-0.2, 0) is 9.53 Å². The van der Waals surface area contributed by atoms with Crippen LogP contribution in [0.2, 0.25) is 0 Å². The van der Waals surface area contributed by atoms with Crippen LogP contribution in [0.3, 0.4) is 0 Å². The molecule has 1 aliphatic rings. The third kappa shape index (κ3) is 6.48. The molecule has 0 bridgehead atoms. The first-order chi connectivity index (χ1) is 14.2. The molecule has 0 aromatic heterocycles. The van der Waals surface area contributed by atoms with Gasteiger partial charge in [-0.25, -0.2) is 0 Å². The van der Waals surface area contributed by atoms with Crippen LogP contribution in [0, 0.1) is 6.92 Å². The molecule has 0 spiro atoms. The fraction of sp³-hybridized carbons (Fsp3) is 0.435.